The van der Waals surface area contributed by atoms with Crippen molar-refractivity contribution in [1.82, 2.24) is 54.8 Å². The van der Waals surface area contributed by atoms with Gasteiger partial charge in [-0.1, -0.05) is 42.5 Å². The second kappa shape index (κ2) is 15.9. The Hall–Kier alpha value is -8.16. The largest absolute Gasteiger partial charge is 0.368 e. The summed E-state index contributed by atoms with van der Waals surface area (Å²) >= 11 is 5.93. The fourth-order valence-corrected chi connectivity index (χ4v) is 11.4. The molecule has 25 nitrogen and oxygen atoms in total. The molecule has 0 saturated carbocycles. The van der Waals surface area contributed by atoms with Crippen molar-refractivity contribution >= 4 is 119 Å². The van der Waals surface area contributed by atoms with Crippen molar-refractivity contribution in [2.75, 3.05) is 15.8 Å². The number of aromatic nitrogens is 11. The number of hydrogen-bond acceptors (Lipinski definition) is 19. The first-order valence-electron chi connectivity index (χ1n) is 19.9. The van der Waals surface area contributed by atoms with Gasteiger partial charge < -0.3 is 21.0 Å². The van der Waals surface area contributed by atoms with E-state index in [1.807, 2.05) is 0 Å². The number of nitrogens with two attached hydrogens (primary N) is 1. The van der Waals surface area contributed by atoms with E-state index >= 15 is 0 Å². The second-order valence-electron chi connectivity index (χ2n) is 15.4. The monoisotopic (exact) mass is 1050 g/mol. The molecule has 0 aliphatic carbocycles. The van der Waals surface area contributed by atoms with Crippen molar-refractivity contribution in [3.8, 4) is 45.6 Å². The minimum Gasteiger partial charge on any atom is -0.368 e. The standard InChI is InChI=1S/C41H25ClN14O11S4/c42-39-53-40(43)55-41(54-39)44-17-5-1-6-18(15-17)56-68(57,58)25-10-2-7-21-28(25)36-49-32(21)46-33-22-8-3-11-26(70(62,63)64)29(22)37(50-33)48-31-20-14-13-19(69(59,60)61)16-24(20)35(45-31)47-34-23-9-4-12-27(71(65,66)67)30(23)38(51-34)52-36/h1-16,56H,(H,59,60,61)(H,62,63,64)(H,65,66,67)(H3,43,44,53,54,55)(H2,45,46,47,48,49,50,51,52). The van der Waals surface area contributed by atoms with E-state index in [4.69, 9.17) is 27.3 Å². The van der Waals surface area contributed by atoms with Crippen LogP contribution in [-0.2, 0) is 40.4 Å². The van der Waals surface area contributed by atoms with Crippen molar-refractivity contribution in [3.63, 3.8) is 0 Å². The fraction of sp³-hybridized carbons (Fsp3) is 0. The van der Waals surface area contributed by atoms with Gasteiger partial charge in [-0.3, -0.25) is 18.4 Å². The first-order valence-corrected chi connectivity index (χ1v) is 26.1. The van der Waals surface area contributed by atoms with E-state index in [1.54, 1.807) is 6.07 Å². The smallest absolute Gasteiger partial charge is 0.295 e. The molecule has 71 heavy (non-hydrogen) atoms. The predicted octanol–water partition coefficient (Wildman–Crippen LogP) is 5.57. The van der Waals surface area contributed by atoms with Crippen LogP contribution in [-0.4, -0.2) is 102 Å². The molecule has 0 saturated heterocycles. The van der Waals surface area contributed by atoms with Crippen LogP contribution in [0.25, 0.3) is 89.7 Å². The number of fused-ring (bicyclic) bond motifs is 20. The third kappa shape index (κ3) is 8.05. The Morgan fingerprint density at radius 1 is 0.493 bits per heavy atom. The highest BCUT2D eigenvalue weighted by molar-refractivity contribution is 7.93. The van der Waals surface area contributed by atoms with Crippen molar-refractivity contribution in [2.24, 2.45) is 0 Å². The Morgan fingerprint density at radius 2 is 1.03 bits per heavy atom. The second-order valence-corrected chi connectivity index (χ2v) is 21.6. The SMILES string of the molecule is Nc1nc(Cl)nc(Nc2cccc(NS(=O)(=O)c3cccc4c3-c3nc-4nc4[nH]c(nc5nc(nc6[nH]c(n3)c3c(S(=O)(=O)O)cccc63)-c3cc(S(=O)(=O)O)ccc3-5)c3c(S(=O)(=O)O)cccc43)c2)n1. The third-order valence-electron chi connectivity index (χ3n) is 10.9. The number of sulfonamides is 1. The van der Waals surface area contributed by atoms with Gasteiger partial charge in [0.15, 0.2) is 23.3 Å². The van der Waals surface area contributed by atoms with Gasteiger partial charge in [-0.15, -0.1) is 0 Å². The average molecular weight is 1050 g/mol. The summed E-state index contributed by atoms with van der Waals surface area (Å²) in [6.07, 6.45) is 0. The lowest BCUT2D eigenvalue weighted by Gasteiger charge is -2.13. The Balaban J connectivity index is 1.22. The maximum atomic E-state index is 14.6. The predicted molar refractivity (Wildman–Crippen MR) is 255 cm³/mol. The summed E-state index contributed by atoms with van der Waals surface area (Å²) in [6.45, 7) is 0. The van der Waals surface area contributed by atoms with Gasteiger partial charge in [-0.05, 0) is 66.2 Å². The van der Waals surface area contributed by atoms with E-state index in [-0.39, 0.29) is 113 Å². The van der Waals surface area contributed by atoms with E-state index in [2.05, 4.69) is 54.9 Å². The van der Waals surface area contributed by atoms with Crippen molar-refractivity contribution in [3.05, 3.63) is 102 Å². The molecule has 0 spiro atoms. The van der Waals surface area contributed by atoms with Crippen LogP contribution < -0.4 is 15.8 Å². The van der Waals surface area contributed by atoms with Gasteiger partial charge in [0.25, 0.3) is 40.4 Å². The van der Waals surface area contributed by atoms with Gasteiger partial charge in [0.1, 0.15) is 32.4 Å². The number of anilines is 4. The molecule has 0 unspecified atom stereocenters. The summed E-state index contributed by atoms with van der Waals surface area (Å²) in [5, 5.41) is 2.32. The maximum absolute atomic E-state index is 14.6. The minimum atomic E-state index is -5.04. The van der Waals surface area contributed by atoms with Crippen molar-refractivity contribution in [2.45, 2.75) is 19.6 Å². The highest BCUT2D eigenvalue weighted by Crippen LogP contribution is 2.42. The Bertz CT molecular complexity index is 4500. The first-order chi connectivity index (χ1) is 33.6. The Labute approximate surface area is 402 Å². The summed E-state index contributed by atoms with van der Waals surface area (Å²) in [5.41, 5.74) is 5.19. The molecule has 8 bridgehead atoms. The normalized spacial score (nSPS) is 12.7. The number of hydrogen-bond donors (Lipinski definition) is 8. The molecule has 9 aromatic rings. The van der Waals surface area contributed by atoms with Crippen LogP contribution in [0, 0.1) is 0 Å². The number of benzene rings is 5. The molecule has 2 aliphatic rings. The van der Waals surface area contributed by atoms with Gasteiger partial charge in [0, 0.05) is 43.9 Å². The van der Waals surface area contributed by atoms with Gasteiger partial charge in [0.05, 0.1) is 21.0 Å². The van der Waals surface area contributed by atoms with Crippen molar-refractivity contribution in [1.29, 1.82) is 0 Å². The summed E-state index contributed by atoms with van der Waals surface area (Å²) in [4.78, 5) is 43.2. The van der Waals surface area contributed by atoms with Crippen LogP contribution in [0.1, 0.15) is 0 Å². The third-order valence-corrected chi connectivity index (χ3v) is 15.1. The van der Waals surface area contributed by atoms with Crippen LogP contribution in [0.4, 0.5) is 23.3 Å². The van der Waals surface area contributed by atoms with E-state index in [0.29, 0.717) is 5.69 Å². The minimum absolute atomic E-state index is 0.00652. The maximum Gasteiger partial charge on any atom is 0.295 e. The zero-order chi connectivity index (χ0) is 49.9. The van der Waals surface area contributed by atoms with E-state index < -0.39 is 60.0 Å². The van der Waals surface area contributed by atoms with Gasteiger partial charge in [-0.2, -0.15) is 40.2 Å². The summed E-state index contributed by atoms with van der Waals surface area (Å²) < 4.78 is 139. The number of aromatic amines is 2. The molecule has 30 heteroatoms. The molecule has 5 aromatic carbocycles. The zero-order valence-electron chi connectivity index (χ0n) is 35.0. The number of nitrogen functional groups attached to an aromatic ring is 1. The van der Waals surface area contributed by atoms with Crippen molar-refractivity contribution < 1.29 is 47.3 Å². The molecule has 0 radical (unpaired) electrons. The number of nitrogens with zero attached hydrogens (tertiary/aromatic N) is 9. The molecule has 9 N–H and O–H groups in total. The molecule has 6 heterocycles. The van der Waals surface area contributed by atoms with Crippen LogP contribution in [0.5, 0.6) is 0 Å². The highest BCUT2D eigenvalue weighted by Gasteiger charge is 2.31. The lowest BCUT2D eigenvalue weighted by molar-refractivity contribution is 0.481. The van der Waals surface area contributed by atoms with Crippen LogP contribution in [0.2, 0.25) is 5.28 Å². The Morgan fingerprint density at radius 3 is 1.65 bits per heavy atom. The summed E-state index contributed by atoms with van der Waals surface area (Å²) in [7, 11) is -19.5. The van der Waals surface area contributed by atoms with Crippen LogP contribution in [0.15, 0.2) is 117 Å². The number of nitrogens with one attached hydrogen (secondary N) is 4. The topological polar surface area (TPSA) is 395 Å². The molecular formula is C41H25ClN14O11S4. The van der Waals surface area contributed by atoms with E-state index in [9.17, 15) is 47.3 Å². The van der Waals surface area contributed by atoms with Gasteiger partial charge in [0.2, 0.25) is 17.2 Å². The van der Waals surface area contributed by atoms with E-state index in [1.165, 1.54) is 66.7 Å². The highest BCUT2D eigenvalue weighted by atomic mass is 35.5. The molecule has 4 aromatic heterocycles. The molecule has 0 atom stereocenters. The summed E-state index contributed by atoms with van der Waals surface area (Å²) in [5.74, 6) is -1.24. The summed E-state index contributed by atoms with van der Waals surface area (Å²) in [6, 6.07) is 21.1. The van der Waals surface area contributed by atoms with Gasteiger partial charge >= 0.3 is 0 Å². The quantitative estimate of drug-likeness (QED) is 0.0861. The van der Waals surface area contributed by atoms with Crippen LogP contribution in [0.3, 0.4) is 0 Å². The molecule has 0 amide bonds. The van der Waals surface area contributed by atoms with Gasteiger partial charge in [-0.25, -0.2) is 38.3 Å². The number of H-pyrrole nitrogens is 2. The molecule has 356 valence electrons. The first kappa shape index (κ1) is 45.3. The Kier molecular flexibility index (Phi) is 10.2. The average Bonchev–Trinajstić information content (AvgIpc) is 4.03. The molecule has 11 rings (SSSR count). The molecule has 0 fully saturated rings. The lowest BCUT2D eigenvalue weighted by atomic mass is 10.1. The molecular weight excluding hydrogens is 1030 g/mol. The van der Waals surface area contributed by atoms with E-state index in [0.717, 1.165) is 24.3 Å². The van der Waals surface area contributed by atoms with Crippen LogP contribution >= 0.6 is 11.6 Å². The number of rotatable bonds is 8. The zero-order valence-corrected chi connectivity index (χ0v) is 39.0. The molecule has 2 aliphatic heterocycles. The number of halogens is 1. The fourth-order valence-electron chi connectivity index (χ4n) is 8.06. The lowest BCUT2D eigenvalue weighted by Crippen LogP contribution is -2.14.